The number of amides is 1. The van der Waals surface area contributed by atoms with Crippen molar-refractivity contribution in [2.24, 2.45) is 4.99 Å². The van der Waals surface area contributed by atoms with E-state index >= 15 is 0 Å². The molecule has 0 spiro atoms. The molecule has 0 unspecified atom stereocenters. The first kappa shape index (κ1) is 20.2. The molecule has 1 amide bonds. The topological polar surface area (TPSA) is 99.4 Å². The zero-order valence-corrected chi connectivity index (χ0v) is 16.3. The highest BCUT2D eigenvalue weighted by Gasteiger charge is 2.32. The van der Waals surface area contributed by atoms with Crippen LogP contribution in [0.2, 0.25) is 0 Å². The van der Waals surface area contributed by atoms with Crippen molar-refractivity contribution in [3.8, 4) is 11.5 Å². The number of aliphatic imine (C=N–C) groups is 1. The quantitative estimate of drug-likeness (QED) is 0.554. The second-order valence-electron chi connectivity index (χ2n) is 5.99. The monoisotopic (exact) mass is 410 g/mol. The summed E-state index contributed by atoms with van der Waals surface area (Å²) in [5.41, 5.74) is 1.39. The molecule has 2 aromatic carbocycles. The van der Waals surface area contributed by atoms with Crippen LogP contribution in [0.15, 0.2) is 65.0 Å². The van der Waals surface area contributed by atoms with E-state index in [1.54, 1.807) is 36.4 Å². The molecule has 0 aromatic heterocycles. The molecule has 0 atom stereocenters. The van der Waals surface area contributed by atoms with Gasteiger partial charge in [0.2, 0.25) is 0 Å². The summed E-state index contributed by atoms with van der Waals surface area (Å²) in [5.74, 6) is -0.911. The standard InChI is InChI=1S/C21H18N2O5S/c1-3-10-23-19(25)18(12-13-4-9-16(24)17(11-13)28-2)29-21(23)22-15-7-5-14(6-8-15)20(26)27/h3-9,11-12,24H,1,10H2,2H3,(H,26,27)/b18-12-,22-21?. The first-order chi connectivity index (χ1) is 13.9. The van der Waals surface area contributed by atoms with Gasteiger partial charge in [-0.1, -0.05) is 12.1 Å². The third-order valence-corrected chi connectivity index (χ3v) is 5.05. The second-order valence-corrected chi connectivity index (χ2v) is 7.00. The Balaban J connectivity index is 1.93. The van der Waals surface area contributed by atoms with Crippen LogP contribution in [-0.4, -0.2) is 45.8 Å². The van der Waals surface area contributed by atoms with Crippen LogP contribution in [0.25, 0.3) is 6.08 Å². The average molecular weight is 410 g/mol. The number of phenolic OH excluding ortho intramolecular Hbond substituents is 1. The number of thioether (sulfide) groups is 1. The lowest BCUT2D eigenvalue weighted by Gasteiger charge is -2.12. The first-order valence-electron chi connectivity index (χ1n) is 8.54. The Bertz CT molecular complexity index is 1030. The highest BCUT2D eigenvalue weighted by Crippen LogP contribution is 2.35. The van der Waals surface area contributed by atoms with E-state index in [2.05, 4.69) is 11.6 Å². The maximum Gasteiger partial charge on any atom is 0.335 e. The van der Waals surface area contributed by atoms with Crippen LogP contribution in [0.3, 0.4) is 0 Å². The summed E-state index contributed by atoms with van der Waals surface area (Å²) in [6, 6.07) is 10.9. The molecule has 0 bridgehead atoms. The Morgan fingerprint density at radius 2 is 2.00 bits per heavy atom. The predicted molar refractivity (Wildman–Crippen MR) is 113 cm³/mol. The number of hydrogen-bond donors (Lipinski definition) is 2. The highest BCUT2D eigenvalue weighted by atomic mass is 32.2. The number of methoxy groups -OCH3 is 1. The zero-order chi connectivity index (χ0) is 21.0. The second kappa shape index (κ2) is 8.66. The fourth-order valence-corrected chi connectivity index (χ4v) is 3.61. The molecule has 0 saturated carbocycles. The molecule has 148 valence electrons. The van der Waals surface area contributed by atoms with E-state index in [0.717, 1.165) is 0 Å². The summed E-state index contributed by atoms with van der Waals surface area (Å²) in [7, 11) is 1.45. The molecular formula is C21H18N2O5S. The summed E-state index contributed by atoms with van der Waals surface area (Å²) >= 11 is 1.20. The SMILES string of the molecule is C=CCN1C(=O)/C(=C/c2ccc(O)c(OC)c2)SC1=Nc1ccc(C(=O)O)cc1. The maximum atomic E-state index is 12.8. The van der Waals surface area contributed by atoms with Crippen molar-refractivity contribution >= 4 is 40.6 Å². The number of aromatic hydroxyl groups is 1. The number of phenols is 1. The minimum atomic E-state index is -1.02. The van der Waals surface area contributed by atoms with Crippen molar-refractivity contribution in [2.45, 2.75) is 0 Å². The molecular weight excluding hydrogens is 392 g/mol. The van der Waals surface area contributed by atoms with E-state index in [1.807, 2.05) is 0 Å². The van der Waals surface area contributed by atoms with E-state index in [4.69, 9.17) is 9.84 Å². The van der Waals surface area contributed by atoms with E-state index in [0.29, 0.717) is 27.1 Å². The third kappa shape index (κ3) is 4.49. The van der Waals surface area contributed by atoms with Crippen LogP contribution in [0.4, 0.5) is 5.69 Å². The van der Waals surface area contributed by atoms with Gasteiger partial charge >= 0.3 is 5.97 Å². The van der Waals surface area contributed by atoms with Crippen LogP contribution < -0.4 is 4.74 Å². The predicted octanol–water partition coefficient (Wildman–Crippen LogP) is 3.89. The van der Waals surface area contributed by atoms with Gasteiger partial charge in [-0.25, -0.2) is 9.79 Å². The summed E-state index contributed by atoms with van der Waals surface area (Å²) in [6.45, 7) is 3.97. The van der Waals surface area contributed by atoms with Gasteiger partial charge in [0.15, 0.2) is 16.7 Å². The molecule has 1 fully saturated rings. The van der Waals surface area contributed by atoms with Crippen molar-refractivity contribution in [1.82, 2.24) is 4.90 Å². The molecule has 29 heavy (non-hydrogen) atoms. The molecule has 0 aliphatic carbocycles. The molecule has 3 rings (SSSR count). The number of carboxylic acids is 1. The molecule has 1 heterocycles. The van der Waals surface area contributed by atoms with Crippen LogP contribution >= 0.6 is 11.8 Å². The van der Waals surface area contributed by atoms with Crippen LogP contribution in [-0.2, 0) is 4.79 Å². The molecule has 1 saturated heterocycles. The summed E-state index contributed by atoms with van der Waals surface area (Å²) in [4.78, 5) is 30.2. The van der Waals surface area contributed by atoms with E-state index in [-0.39, 0.29) is 23.8 Å². The van der Waals surface area contributed by atoms with Gasteiger partial charge in [0, 0.05) is 6.54 Å². The molecule has 2 aromatic rings. The van der Waals surface area contributed by atoms with Gasteiger partial charge in [0.05, 0.1) is 23.3 Å². The molecule has 7 nitrogen and oxygen atoms in total. The van der Waals surface area contributed by atoms with Crippen molar-refractivity contribution in [3.05, 3.63) is 71.2 Å². The Morgan fingerprint density at radius 3 is 2.62 bits per heavy atom. The zero-order valence-electron chi connectivity index (χ0n) is 15.5. The third-order valence-electron chi connectivity index (χ3n) is 4.04. The Morgan fingerprint density at radius 1 is 1.28 bits per heavy atom. The molecule has 1 aliphatic rings. The number of carboxylic acid groups (broad SMARTS) is 1. The fourth-order valence-electron chi connectivity index (χ4n) is 2.61. The van der Waals surface area contributed by atoms with E-state index in [9.17, 15) is 14.7 Å². The molecule has 8 heteroatoms. The number of carbonyl (C=O) groups excluding carboxylic acids is 1. The lowest BCUT2D eigenvalue weighted by Crippen LogP contribution is -2.29. The van der Waals surface area contributed by atoms with Crippen molar-refractivity contribution in [2.75, 3.05) is 13.7 Å². The first-order valence-corrected chi connectivity index (χ1v) is 9.36. The van der Waals surface area contributed by atoms with Crippen molar-refractivity contribution in [1.29, 1.82) is 0 Å². The van der Waals surface area contributed by atoms with Gasteiger partial charge in [-0.3, -0.25) is 9.69 Å². The van der Waals surface area contributed by atoms with Gasteiger partial charge in [0.25, 0.3) is 5.91 Å². The Hall–Kier alpha value is -3.52. The largest absolute Gasteiger partial charge is 0.504 e. The van der Waals surface area contributed by atoms with Crippen LogP contribution in [0.5, 0.6) is 11.5 Å². The Labute approximate surface area is 171 Å². The lowest BCUT2D eigenvalue weighted by molar-refractivity contribution is -0.121. The van der Waals surface area contributed by atoms with Crippen molar-refractivity contribution in [3.63, 3.8) is 0 Å². The minimum Gasteiger partial charge on any atom is -0.504 e. The molecule has 2 N–H and O–H groups in total. The van der Waals surface area contributed by atoms with E-state index in [1.165, 1.54) is 42.0 Å². The number of rotatable bonds is 6. The maximum absolute atomic E-state index is 12.8. The lowest BCUT2D eigenvalue weighted by atomic mass is 10.2. The highest BCUT2D eigenvalue weighted by molar-refractivity contribution is 8.18. The smallest absolute Gasteiger partial charge is 0.335 e. The van der Waals surface area contributed by atoms with E-state index < -0.39 is 5.97 Å². The number of aromatic carboxylic acids is 1. The molecule has 0 radical (unpaired) electrons. The van der Waals surface area contributed by atoms with Gasteiger partial charge in [0.1, 0.15) is 0 Å². The molecule has 1 aliphatic heterocycles. The van der Waals surface area contributed by atoms with Gasteiger partial charge in [-0.15, -0.1) is 6.58 Å². The fraction of sp³-hybridized carbons (Fsp3) is 0.0952. The van der Waals surface area contributed by atoms with Gasteiger partial charge < -0.3 is 14.9 Å². The summed E-state index contributed by atoms with van der Waals surface area (Å²) < 4.78 is 5.10. The minimum absolute atomic E-state index is 0.0143. The van der Waals surface area contributed by atoms with Crippen LogP contribution in [0, 0.1) is 0 Å². The average Bonchev–Trinajstić information content (AvgIpc) is 2.99. The van der Waals surface area contributed by atoms with Crippen LogP contribution in [0.1, 0.15) is 15.9 Å². The number of amidine groups is 1. The Kier molecular flexibility index (Phi) is 6.04. The normalized spacial score (nSPS) is 16.4. The summed E-state index contributed by atoms with van der Waals surface area (Å²) in [6.07, 6.45) is 3.30. The van der Waals surface area contributed by atoms with Crippen molar-refractivity contribution < 1.29 is 24.5 Å². The number of benzene rings is 2. The van der Waals surface area contributed by atoms with Gasteiger partial charge in [-0.2, -0.15) is 0 Å². The number of hydrogen-bond acceptors (Lipinski definition) is 6. The van der Waals surface area contributed by atoms with Gasteiger partial charge in [-0.05, 0) is 59.8 Å². The summed E-state index contributed by atoms with van der Waals surface area (Å²) in [5, 5.41) is 19.2. The number of carbonyl (C=O) groups is 2. The number of ether oxygens (including phenoxy) is 1. The number of nitrogens with zero attached hydrogens (tertiary/aromatic N) is 2.